The molecule has 1 aliphatic heterocycles. The first-order valence-electron chi connectivity index (χ1n) is 7.68. The molecule has 0 aliphatic carbocycles. The molecule has 0 unspecified atom stereocenters. The van der Waals surface area contributed by atoms with Gasteiger partial charge >= 0.3 is 0 Å². The van der Waals surface area contributed by atoms with Crippen molar-refractivity contribution in [1.82, 2.24) is 0 Å². The summed E-state index contributed by atoms with van der Waals surface area (Å²) in [6.07, 6.45) is 1.99. The van der Waals surface area contributed by atoms with E-state index in [9.17, 15) is 4.79 Å². The Kier molecular flexibility index (Phi) is 5.88. The predicted molar refractivity (Wildman–Crippen MR) is 96.1 cm³/mol. The molecule has 4 nitrogen and oxygen atoms in total. The van der Waals surface area contributed by atoms with E-state index in [4.69, 9.17) is 4.74 Å². The van der Waals surface area contributed by atoms with Crippen LogP contribution in [0.25, 0.3) is 0 Å². The van der Waals surface area contributed by atoms with Crippen LogP contribution in [0, 0.1) is 0 Å². The summed E-state index contributed by atoms with van der Waals surface area (Å²) in [6.45, 7) is 3.51. The molecule has 2 aromatic rings. The van der Waals surface area contributed by atoms with Crippen molar-refractivity contribution in [1.29, 1.82) is 0 Å². The number of hydrogen-bond donors (Lipinski definition) is 2. The van der Waals surface area contributed by atoms with Gasteiger partial charge in [0.15, 0.2) is 0 Å². The van der Waals surface area contributed by atoms with Crippen molar-refractivity contribution in [3.05, 3.63) is 53.6 Å². The molecule has 0 radical (unpaired) electrons. The maximum absolute atomic E-state index is 12.6. The molecule has 23 heavy (non-hydrogen) atoms. The van der Waals surface area contributed by atoms with Gasteiger partial charge in [-0.1, -0.05) is 12.1 Å². The largest absolute Gasteiger partial charge is 0.494 e. The molecule has 3 rings (SSSR count). The number of ether oxygens (including phenoxy) is 1. The van der Waals surface area contributed by atoms with Gasteiger partial charge in [-0.05, 0) is 49.6 Å². The van der Waals surface area contributed by atoms with Gasteiger partial charge in [-0.3, -0.25) is 4.79 Å². The Balaban J connectivity index is 0.00000192. The molecule has 0 bridgehead atoms. The Morgan fingerprint density at radius 1 is 1.26 bits per heavy atom. The number of nitrogens with one attached hydrogen (secondary N) is 2. The molecule has 0 saturated carbocycles. The summed E-state index contributed by atoms with van der Waals surface area (Å²) in [7, 11) is 0. The number of hydrogen-bond acceptors (Lipinski definition) is 3. The first-order chi connectivity index (χ1) is 10.8. The summed E-state index contributed by atoms with van der Waals surface area (Å²) in [6, 6.07) is 13.3. The molecule has 122 valence electrons. The van der Waals surface area contributed by atoms with Gasteiger partial charge < -0.3 is 15.4 Å². The number of rotatable bonds is 4. The van der Waals surface area contributed by atoms with Crippen molar-refractivity contribution in [2.45, 2.75) is 19.8 Å². The zero-order valence-electron chi connectivity index (χ0n) is 13.1. The Morgan fingerprint density at radius 3 is 2.91 bits per heavy atom. The van der Waals surface area contributed by atoms with E-state index in [1.807, 2.05) is 49.4 Å². The summed E-state index contributed by atoms with van der Waals surface area (Å²) in [5.74, 6) is 0.686. The first kappa shape index (κ1) is 17.2. The molecular weight excluding hydrogens is 312 g/mol. The second-order valence-electron chi connectivity index (χ2n) is 5.28. The predicted octanol–water partition coefficient (Wildman–Crippen LogP) is 4.12. The van der Waals surface area contributed by atoms with Gasteiger partial charge in [0.2, 0.25) is 0 Å². The Bertz CT molecular complexity index is 688. The lowest BCUT2D eigenvalue weighted by Crippen LogP contribution is -2.19. The number of amides is 1. The lowest BCUT2D eigenvalue weighted by molar-refractivity contribution is 0.102. The highest BCUT2D eigenvalue weighted by Crippen LogP contribution is 2.26. The van der Waals surface area contributed by atoms with E-state index >= 15 is 0 Å². The van der Waals surface area contributed by atoms with E-state index < -0.39 is 0 Å². The highest BCUT2D eigenvalue weighted by atomic mass is 35.5. The molecular formula is C18H21ClN2O2. The maximum Gasteiger partial charge on any atom is 0.256 e. The zero-order valence-corrected chi connectivity index (χ0v) is 13.9. The molecule has 1 amide bonds. The number of fused-ring (bicyclic) bond motifs is 1. The van der Waals surface area contributed by atoms with Crippen molar-refractivity contribution in [2.24, 2.45) is 0 Å². The highest BCUT2D eigenvalue weighted by molar-refractivity contribution is 6.06. The zero-order chi connectivity index (χ0) is 15.4. The van der Waals surface area contributed by atoms with Crippen molar-refractivity contribution >= 4 is 29.7 Å². The monoisotopic (exact) mass is 332 g/mol. The fraction of sp³-hybridized carbons (Fsp3) is 0.278. The van der Waals surface area contributed by atoms with Crippen LogP contribution in [0.3, 0.4) is 0 Å². The molecule has 0 spiro atoms. The quantitative estimate of drug-likeness (QED) is 0.885. The number of carbonyl (C=O) groups is 1. The standard InChI is InChI=1S/C18H20N2O2.ClH/c1-2-22-14-7-3-6-13(12-14)20-18(21)16-8-4-10-17-15(16)9-5-11-19-17;/h3-4,6-8,10,12,19H,2,5,9,11H2,1H3,(H,20,21);1H. The van der Waals surface area contributed by atoms with Crippen LogP contribution < -0.4 is 15.4 Å². The van der Waals surface area contributed by atoms with Crippen molar-refractivity contribution < 1.29 is 9.53 Å². The highest BCUT2D eigenvalue weighted by Gasteiger charge is 2.17. The van der Waals surface area contributed by atoms with Gasteiger partial charge in [0.05, 0.1) is 6.61 Å². The molecule has 0 saturated heterocycles. The number of carbonyl (C=O) groups excluding carboxylic acids is 1. The summed E-state index contributed by atoms with van der Waals surface area (Å²) >= 11 is 0. The fourth-order valence-corrected chi connectivity index (χ4v) is 2.75. The molecule has 0 atom stereocenters. The van der Waals surface area contributed by atoms with E-state index in [1.165, 1.54) is 0 Å². The minimum absolute atomic E-state index is 0. The molecule has 2 aromatic carbocycles. The van der Waals surface area contributed by atoms with Crippen LogP contribution in [0.1, 0.15) is 29.3 Å². The van der Waals surface area contributed by atoms with Gasteiger partial charge in [0.25, 0.3) is 5.91 Å². The van der Waals surface area contributed by atoms with E-state index in [0.29, 0.717) is 6.61 Å². The van der Waals surface area contributed by atoms with E-state index in [-0.39, 0.29) is 18.3 Å². The lowest BCUT2D eigenvalue weighted by Gasteiger charge is -2.20. The number of anilines is 2. The minimum Gasteiger partial charge on any atom is -0.494 e. The second kappa shape index (κ2) is 7.88. The number of halogens is 1. The van der Waals surface area contributed by atoms with Gasteiger partial charge in [0.1, 0.15) is 5.75 Å². The summed E-state index contributed by atoms with van der Waals surface area (Å²) in [5.41, 5.74) is 3.66. The summed E-state index contributed by atoms with van der Waals surface area (Å²) in [4.78, 5) is 12.6. The molecule has 1 heterocycles. The van der Waals surface area contributed by atoms with Crippen LogP contribution in [0.4, 0.5) is 11.4 Å². The minimum atomic E-state index is -0.0748. The van der Waals surface area contributed by atoms with Crippen LogP contribution >= 0.6 is 12.4 Å². The third-order valence-corrected chi connectivity index (χ3v) is 3.74. The van der Waals surface area contributed by atoms with Crippen molar-refractivity contribution in [3.63, 3.8) is 0 Å². The Hall–Kier alpha value is -2.20. The Morgan fingerprint density at radius 2 is 2.09 bits per heavy atom. The third kappa shape index (κ3) is 3.96. The first-order valence-corrected chi connectivity index (χ1v) is 7.68. The summed E-state index contributed by atoms with van der Waals surface area (Å²) < 4.78 is 5.46. The Labute approximate surface area is 142 Å². The fourth-order valence-electron chi connectivity index (χ4n) is 2.75. The average Bonchev–Trinajstić information content (AvgIpc) is 2.55. The topological polar surface area (TPSA) is 50.4 Å². The van der Waals surface area contributed by atoms with Gasteiger partial charge in [-0.15, -0.1) is 12.4 Å². The van der Waals surface area contributed by atoms with Crippen LogP contribution in [-0.2, 0) is 6.42 Å². The van der Waals surface area contributed by atoms with Gasteiger partial charge in [-0.2, -0.15) is 0 Å². The molecule has 2 N–H and O–H groups in total. The van der Waals surface area contributed by atoms with E-state index in [0.717, 1.165) is 47.6 Å². The number of benzene rings is 2. The van der Waals surface area contributed by atoms with E-state index in [2.05, 4.69) is 10.6 Å². The smallest absolute Gasteiger partial charge is 0.256 e. The van der Waals surface area contributed by atoms with Gasteiger partial charge in [-0.25, -0.2) is 0 Å². The maximum atomic E-state index is 12.6. The van der Waals surface area contributed by atoms with Crippen LogP contribution in [0.2, 0.25) is 0 Å². The van der Waals surface area contributed by atoms with E-state index in [1.54, 1.807) is 0 Å². The van der Waals surface area contributed by atoms with Crippen molar-refractivity contribution in [2.75, 3.05) is 23.8 Å². The summed E-state index contributed by atoms with van der Waals surface area (Å²) in [5, 5.41) is 6.31. The molecule has 5 heteroatoms. The van der Waals surface area contributed by atoms with Gasteiger partial charge in [0, 0.05) is 29.5 Å². The SMILES string of the molecule is CCOc1cccc(NC(=O)c2cccc3c2CCCN3)c1.Cl. The van der Waals surface area contributed by atoms with Crippen LogP contribution in [0.5, 0.6) is 5.75 Å². The second-order valence-corrected chi connectivity index (χ2v) is 5.28. The lowest BCUT2D eigenvalue weighted by atomic mass is 9.97. The molecule has 0 aromatic heterocycles. The van der Waals surface area contributed by atoms with Crippen LogP contribution in [-0.4, -0.2) is 19.1 Å². The van der Waals surface area contributed by atoms with Crippen molar-refractivity contribution in [3.8, 4) is 5.75 Å². The third-order valence-electron chi connectivity index (χ3n) is 3.74. The molecule has 0 fully saturated rings. The normalized spacial score (nSPS) is 12.4. The molecule has 1 aliphatic rings. The van der Waals surface area contributed by atoms with Crippen LogP contribution in [0.15, 0.2) is 42.5 Å². The average molecular weight is 333 g/mol.